The Bertz CT molecular complexity index is 107. The summed E-state index contributed by atoms with van der Waals surface area (Å²) in [7, 11) is 0. The molecule has 0 aromatic carbocycles. The van der Waals surface area contributed by atoms with Gasteiger partial charge in [0.05, 0.1) is 13.2 Å². The number of morpholine rings is 1. The molecule has 1 fully saturated rings. The molecule has 12 heavy (non-hydrogen) atoms. The summed E-state index contributed by atoms with van der Waals surface area (Å²) in [6.07, 6.45) is 1.62. The highest BCUT2D eigenvalue weighted by atomic mass is 35.5. The molecule has 0 atom stereocenters. The summed E-state index contributed by atoms with van der Waals surface area (Å²) in [5.41, 5.74) is 0. The number of hydrogen-bond acceptors (Lipinski definition) is 3. The van der Waals surface area contributed by atoms with Crippen LogP contribution >= 0.6 is 12.4 Å². The topological polar surface area (TPSA) is 61.0 Å². The van der Waals surface area contributed by atoms with Crippen molar-refractivity contribution >= 4 is 18.7 Å². The van der Waals surface area contributed by atoms with Gasteiger partial charge in [-0.05, 0) is 0 Å². The molecule has 1 saturated heterocycles. The van der Waals surface area contributed by atoms with E-state index in [1.165, 1.54) is 0 Å². The number of carbonyl (C=O) groups is 1. The zero-order chi connectivity index (χ0) is 7.23. The molecule has 1 rings (SSSR count). The molecule has 0 aromatic heterocycles. The largest absolute Gasteiger partial charge is 0.412 e. The van der Waals surface area contributed by atoms with Gasteiger partial charge in [-0.1, -0.05) is 0 Å². The molecule has 0 bridgehead atoms. The van der Waals surface area contributed by atoms with Gasteiger partial charge in [0.2, 0.25) is 0 Å². The minimum atomic E-state index is 0. The van der Waals surface area contributed by atoms with Gasteiger partial charge in [-0.15, -0.1) is 12.4 Å². The van der Waals surface area contributed by atoms with Crippen LogP contribution < -0.4 is 0 Å². The predicted molar refractivity (Wildman–Crippen MR) is 48.8 cm³/mol. The van der Waals surface area contributed by atoms with E-state index in [-0.39, 0.29) is 17.9 Å². The summed E-state index contributed by atoms with van der Waals surface area (Å²) in [5, 5.41) is 0. The van der Waals surface area contributed by atoms with Crippen LogP contribution in [0.5, 0.6) is 0 Å². The Labute approximate surface area is 78.6 Å². The van der Waals surface area contributed by atoms with Gasteiger partial charge in [-0.25, -0.2) is 0 Å². The highest BCUT2D eigenvalue weighted by molar-refractivity contribution is 5.85. The highest BCUT2D eigenvalue weighted by Crippen LogP contribution is 1.96. The standard InChI is InChI=1S/C7H13NO2.ClH.H2O/c9-5-1-2-8-3-6-10-7-4-8;;/h5H,1-4,6-7H2;1H;1H2. The van der Waals surface area contributed by atoms with Crippen LogP contribution in [-0.2, 0) is 9.53 Å². The Hall–Kier alpha value is -0.160. The van der Waals surface area contributed by atoms with Gasteiger partial charge >= 0.3 is 0 Å². The number of rotatable bonds is 3. The van der Waals surface area contributed by atoms with Crippen LogP contribution in [0.1, 0.15) is 6.42 Å². The Morgan fingerprint density at radius 3 is 2.42 bits per heavy atom. The maximum atomic E-state index is 9.99. The van der Waals surface area contributed by atoms with E-state index in [4.69, 9.17) is 4.74 Å². The van der Waals surface area contributed by atoms with E-state index in [1.54, 1.807) is 0 Å². The summed E-state index contributed by atoms with van der Waals surface area (Å²) < 4.78 is 5.15. The van der Waals surface area contributed by atoms with Crippen LogP contribution in [0.4, 0.5) is 0 Å². The van der Waals surface area contributed by atoms with Crippen molar-refractivity contribution in [1.29, 1.82) is 0 Å². The zero-order valence-electron chi connectivity index (χ0n) is 6.99. The van der Waals surface area contributed by atoms with Crippen molar-refractivity contribution in [3.63, 3.8) is 0 Å². The Balaban J connectivity index is 0. The predicted octanol–water partition coefficient (Wildman–Crippen LogP) is -0.495. The Morgan fingerprint density at radius 2 is 1.92 bits per heavy atom. The van der Waals surface area contributed by atoms with E-state index in [0.29, 0.717) is 6.42 Å². The molecular weight excluding hydrogens is 182 g/mol. The first-order chi connectivity index (χ1) is 4.93. The van der Waals surface area contributed by atoms with Crippen molar-refractivity contribution in [3.8, 4) is 0 Å². The molecule has 0 aliphatic carbocycles. The lowest BCUT2D eigenvalue weighted by Gasteiger charge is -2.25. The molecule has 0 spiro atoms. The third kappa shape index (κ3) is 5.49. The van der Waals surface area contributed by atoms with Crippen molar-refractivity contribution in [2.75, 3.05) is 32.8 Å². The van der Waals surface area contributed by atoms with Crippen molar-refractivity contribution in [2.24, 2.45) is 0 Å². The lowest BCUT2D eigenvalue weighted by molar-refractivity contribution is -0.108. The number of halogens is 1. The first-order valence-electron chi connectivity index (χ1n) is 3.67. The quantitative estimate of drug-likeness (QED) is 0.574. The van der Waals surface area contributed by atoms with E-state index in [9.17, 15) is 4.79 Å². The van der Waals surface area contributed by atoms with Gasteiger partial charge in [0.15, 0.2) is 0 Å². The molecule has 1 aliphatic heterocycles. The van der Waals surface area contributed by atoms with Crippen molar-refractivity contribution in [1.82, 2.24) is 4.90 Å². The number of hydrogen-bond donors (Lipinski definition) is 0. The molecule has 74 valence electrons. The fraction of sp³-hybridized carbons (Fsp3) is 0.857. The summed E-state index contributed by atoms with van der Waals surface area (Å²) in [6.45, 7) is 4.49. The molecule has 4 nitrogen and oxygen atoms in total. The second-order valence-corrected chi connectivity index (χ2v) is 2.41. The average molecular weight is 198 g/mol. The molecule has 0 aromatic rings. The summed E-state index contributed by atoms with van der Waals surface area (Å²) in [5.74, 6) is 0. The maximum Gasteiger partial charge on any atom is 0.121 e. The third-order valence-electron chi connectivity index (χ3n) is 1.67. The molecule has 1 aliphatic rings. The van der Waals surface area contributed by atoms with Crippen LogP contribution in [0.25, 0.3) is 0 Å². The maximum absolute atomic E-state index is 9.99. The number of ether oxygens (including phenoxy) is 1. The fourth-order valence-corrected chi connectivity index (χ4v) is 1.06. The lowest BCUT2D eigenvalue weighted by Crippen LogP contribution is -2.36. The number of aldehydes is 1. The molecule has 0 amide bonds. The number of carbonyl (C=O) groups excluding carboxylic acids is 1. The van der Waals surface area contributed by atoms with E-state index < -0.39 is 0 Å². The fourth-order valence-electron chi connectivity index (χ4n) is 1.06. The summed E-state index contributed by atoms with van der Waals surface area (Å²) in [6, 6.07) is 0. The minimum absolute atomic E-state index is 0. The molecule has 5 heteroatoms. The minimum Gasteiger partial charge on any atom is -0.412 e. The van der Waals surface area contributed by atoms with Crippen molar-refractivity contribution < 1.29 is 15.0 Å². The van der Waals surface area contributed by atoms with Gasteiger partial charge in [0.1, 0.15) is 6.29 Å². The number of nitrogens with zero attached hydrogens (tertiary/aromatic N) is 1. The molecule has 0 radical (unpaired) electrons. The van der Waals surface area contributed by atoms with Crippen molar-refractivity contribution in [3.05, 3.63) is 0 Å². The van der Waals surface area contributed by atoms with Gasteiger partial charge in [0, 0.05) is 26.1 Å². The molecule has 0 unspecified atom stereocenters. The van der Waals surface area contributed by atoms with Crippen molar-refractivity contribution in [2.45, 2.75) is 6.42 Å². The van der Waals surface area contributed by atoms with Crippen LogP contribution in [0, 0.1) is 0 Å². The normalized spacial score (nSPS) is 17.3. The molecule has 2 N–H and O–H groups in total. The van der Waals surface area contributed by atoms with E-state index in [1.807, 2.05) is 0 Å². The summed E-state index contributed by atoms with van der Waals surface area (Å²) >= 11 is 0. The first-order valence-corrected chi connectivity index (χ1v) is 3.67. The molecule has 0 saturated carbocycles. The average Bonchev–Trinajstić information content (AvgIpc) is 2.03. The van der Waals surface area contributed by atoms with E-state index in [2.05, 4.69) is 4.90 Å². The smallest absolute Gasteiger partial charge is 0.121 e. The molecule has 1 heterocycles. The second kappa shape index (κ2) is 8.93. The first kappa shape index (κ1) is 14.4. The van der Waals surface area contributed by atoms with Gasteiger partial charge in [-0.3, -0.25) is 4.90 Å². The Kier molecular flexibility index (Phi) is 10.7. The summed E-state index contributed by atoms with van der Waals surface area (Å²) in [4.78, 5) is 12.2. The van der Waals surface area contributed by atoms with Crippen LogP contribution in [0.2, 0.25) is 0 Å². The van der Waals surface area contributed by atoms with Gasteiger partial charge in [0.25, 0.3) is 0 Å². The zero-order valence-corrected chi connectivity index (χ0v) is 7.81. The van der Waals surface area contributed by atoms with E-state index in [0.717, 1.165) is 39.1 Å². The second-order valence-electron chi connectivity index (χ2n) is 2.41. The Morgan fingerprint density at radius 1 is 1.33 bits per heavy atom. The van der Waals surface area contributed by atoms with Crippen LogP contribution in [-0.4, -0.2) is 49.5 Å². The third-order valence-corrected chi connectivity index (χ3v) is 1.67. The van der Waals surface area contributed by atoms with Gasteiger partial charge < -0.3 is 15.0 Å². The lowest BCUT2D eigenvalue weighted by atomic mass is 10.3. The van der Waals surface area contributed by atoms with Crippen LogP contribution in [0.15, 0.2) is 0 Å². The highest BCUT2D eigenvalue weighted by Gasteiger charge is 2.08. The SMILES string of the molecule is Cl.O.O=CCCN1CCOCC1. The molecular formula is C7H16ClNO3. The van der Waals surface area contributed by atoms with Crippen LogP contribution in [0.3, 0.4) is 0 Å². The van der Waals surface area contributed by atoms with E-state index >= 15 is 0 Å². The monoisotopic (exact) mass is 197 g/mol. The van der Waals surface area contributed by atoms with Gasteiger partial charge in [-0.2, -0.15) is 0 Å².